The number of carbonyl (C=O) groups is 2. The number of carbonyl (C=O) groups excluding carboxylic acids is 2. The number of amides is 1. The highest BCUT2D eigenvalue weighted by atomic mass is 19.1. The van der Waals surface area contributed by atoms with Gasteiger partial charge in [-0.15, -0.1) is 5.10 Å². The second-order valence-electron chi connectivity index (χ2n) is 26.5. The Labute approximate surface area is 617 Å². The summed E-state index contributed by atoms with van der Waals surface area (Å²) in [5.41, 5.74) is 7.65. The van der Waals surface area contributed by atoms with E-state index in [9.17, 15) is 19.1 Å². The Morgan fingerprint density at radius 1 is 0.491 bits per heavy atom. The molecule has 14 rings (SSSR count). The number of rotatable bonds is 26. The van der Waals surface area contributed by atoms with Crippen LogP contribution >= 0.6 is 0 Å². The summed E-state index contributed by atoms with van der Waals surface area (Å²) in [6, 6.07) is 100. The van der Waals surface area contributed by atoms with Gasteiger partial charge in [-0.1, -0.05) is 285 Å². The predicted molar refractivity (Wildman–Crippen MR) is 404 cm³/mol. The van der Waals surface area contributed by atoms with Crippen molar-refractivity contribution in [1.29, 1.82) is 0 Å². The van der Waals surface area contributed by atoms with E-state index in [2.05, 4.69) is 60.1 Å². The van der Waals surface area contributed by atoms with Gasteiger partial charge < -0.3 is 38.4 Å². The summed E-state index contributed by atoms with van der Waals surface area (Å²) in [6.45, 7) is 1.94. The van der Waals surface area contributed by atoms with E-state index in [1.165, 1.54) is 19.1 Å². The van der Waals surface area contributed by atoms with E-state index in [-0.39, 0.29) is 45.4 Å². The minimum Gasteiger partial charge on any atom is -0.458 e. The number of benzene rings is 11. The van der Waals surface area contributed by atoms with Crippen molar-refractivity contribution in [2.24, 2.45) is 5.92 Å². The molecule has 11 aromatic carbocycles. The maximum atomic E-state index is 14.9. The summed E-state index contributed by atoms with van der Waals surface area (Å²) in [7, 11) is 0. The van der Waals surface area contributed by atoms with E-state index in [4.69, 9.17) is 38.5 Å². The molecule has 0 bridgehead atoms. The van der Waals surface area contributed by atoms with Crippen molar-refractivity contribution in [3.63, 3.8) is 0 Å². The molecule has 1 aromatic heterocycles. The van der Waals surface area contributed by atoms with Crippen LogP contribution in [0.1, 0.15) is 104 Å². The molecule has 1 aliphatic heterocycles. The molecule has 106 heavy (non-hydrogen) atoms. The largest absolute Gasteiger partial charge is 0.458 e. The molecule has 528 valence electrons. The summed E-state index contributed by atoms with van der Waals surface area (Å²) >= 11 is 0. The van der Waals surface area contributed by atoms with E-state index in [1.54, 1.807) is 23.4 Å². The van der Waals surface area contributed by atoms with Crippen molar-refractivity contribution in [2.75, 3.05) is 4.90 Å². The normalized spacial score (nSPS) is 19.3. The third-order valence-electron chi connectivity index (χ3n) is 19.5. The number of anilines is 1. The predicted octanol–water partition coefficient (Wildman–Crippen LogP) is 16.5. The van der Waals surface area contributed by atoms with Crippen LogP contribution < -0.4 is 4.90 Å². The van der Waals surface area contributed by atoms with Gasteiger partial charge >= 0.3 is 5.97 Å². The molecule has 1 N–H and O–H groups in total. The highest BCUT2D eigenvalue weighted by Gasteiger charge is 2.62. The zero-order valence-corrected chi connectivity index (χ0v) is 58.5. The van der Waals surface area contributed by atoms with Crippen molar-refractivity contribution >= 4 is 17.6 Å². The Morgan fingerprint density at radius 2 is 0.887 bits per heavy atom. The molecule has 2 fully saturated rings. The summed E-state index contributed by atoms with van der Waals surface area (Å²) in [4.78, 5) is 34.1. The van der Waals surface area contributed by atoms with Crippen molar-refractivity contribution in [3.8, 4) is 23.7 Å². The molecule has 2 heterocycles. The first-order valence-corrected chi connectivity index (χ1v) is 35.7. The van der Waals surface area contributed by atoms with Crippen molar-refractivity contribution < 1.29 is 47.5 Å². The van der Waals surface area contributed by atoms with Crippen LogP contribution in [-0.2, 0) is 76.6 Å². The van der Waals surface area contributed by atoms with E-state index >= 15 is 0 Å². The number of ether oxygens (including phenoxy) is 6. The molecule has 1 aliphatic carbocycles. The van der Waals surface area contributed by atoms with Gasteiger partial charge in [-0.25, -0.2) is 14.1 Å². The van der Waals surface area contributed by atoms with Crippen LogP contribution in [0.25, 0.3) is 0 Å². The van der Waals surface area contributed by atoms with Gasteiger partial charge in [0, 0.05) is 23.7 Å². The molecule has 2 aliphatic rings. The molecule has 0 radical (unpaired) electrons. The molecule has 1 saturated carbocycles. The molecular weight excluding hydrogens is 1320 g/mol. The first kappa shape index (κ1) is 71.3. The first-order chi connectivity index (χ1) is 52.1. The van der Waals surface area contributed by atoms with Crippen LogP contribution in [-0.4, -0.2) is 67.9 Å². The zero-order valence-electron chi connectivity index (χ0n) is 58.5. The van der Waals surface area contributed by atoms with Crippen molar-refractivity contribution in [1.82, 2.24) is 14.8 Å². The SMILES string of the molecule is CC(=O)O[C@@H](CC[C@H]1C(=O)N(c2ccc(C#Cc3ncn(C(c4ccccc4)(c4ccccc4)c4ccccc4)n3)cc2)[C@@H]1c1ccc(C#CC2(O)[C@H](OCc3ccccc3)[C@@H](OCc3ccccc3)C(OCc3ccccc3)[C@@H](OCc3ccccc3)[C@@H]2OCc2ccccc2)cc1)c1ccc(F)cc1. The van der Waals surface area contributed by atoms with Crippen LogP contribution in [0.15, 0.2) is 322 Å². The van der Waals surface area contributed by atoms with Gasteiger partial charge in [-0.2, -0.15) is 0 Å². The standard InChI is InChI=1S/C92H79FN4O9/c1-66(98)106-82(74-49-51-79(93)52-50-74)56-55-81-84(97(90(81)99)80-53-44-67(45-54-80)46-57-83-94-65-96(95-83)92(76-36-20-7-21-37-76,77-38-22-8-23-39-77)78-40-24-9-25-41-78)75-47-42-68(43-48-75)58-59-91(100)88(104-63-72-32-16-5-17-33-72)86(102-61-70-28-12-3-13-29-70)85(101-60-69-26-10-2-11-27-69)87(103-62-71-30-14-4-15-31-71)89(91)105-64-73-34-18-6-19-35-73/h2-45,47-54,65,81-82,84-89,100H,55-56,60-64H2,1H3/t81-,82+,84-,85?,86-,87+,88+,89-,91?/m1/s1. The minimum absolute atomic E-state index is 0.0755. The highest BCUT2D eigenvalue weighted by molar-refractivity contribution is 6.03. The monoisotopic (exact) mass is 1400 g/mol. The number of nitrogens with zero attached hydrogens (tertiary/aromatic N) is 4. The molecule has 14 heteroatoms. The van der Waals surface area contributed by atoms with Gasteiger partial charge in [0.15, 0.2) is 5.60 Å². The Morgan fingerprint density at radius 3 is 1.32 bits per heavy atom. The molecule has 1 amide bonds. The van der Waals surface area contributed by atoms with E-state index < -0.39 is 71.5 Å². The molecule has 9 atom stereocenters. The lowest BCUT2D eigenvalue weighted by Crippen LogP contribution is -2.72. The Hall–Kier alpha value is -11.7. The topological polar surface area (TPSA) is 144 Å². The van der Waals surface area contributed by atoms with Gasteiger partial charge in [0.1, 0.15) is 54.3 Å². The summed E-state index contributed by atoms with van der Waals surface area (Å²) in [5.74, 6) is 11.9. The molecular formula is C92H79FN4O9. The van der Waals surface area contributed by atoms with Gasteiger partial charge in [0.25, 0.3) is 0 Å². The number of aromatic nitrogens is 3. The quantitative estimate of drug-likeness (QED) is 0.0239. The number of aliphatic hydroxyl groups is 1. The average Bonchev–Trinajstić information content (AvgIpc) is 0.799. The Bertz CT molecular complexity index is 4750. The fraction of sp³-hybridized carbons (Fsp3) is 0.196. The van der Waals surface area contributed by atoms with Crippen LogP contribution in [0.5, 0.6) is 0 Å². The van der Waals surface area contributed by atoms with Crippen molar-refractivity contribution in [3.05, 3.63) is 400 Å². The third-order valence-corrected chi connectivity index (χ3v) is 19.5. The number of esters is 1. The van der Waals surface area contributed by atoms with Gasteiger partial charge in [0.05, 0.1) is 45.0 Å². The summed E-state index contributed by atoms with van der Waals surface area (Å²) < 4.78 is 57.6. The number of β-lactam (4-membered cyclic amide) rings is 1. The maximum Gasteiger partial charge on any atom is 0.303 e. The fourth-order valence-corrected chi connectivity index (χ4v) is 14.3. The molecule has 12 aromatic rings. The smallest absolute Gasteiger partial charge is 0.303 e. The number of hydrogen-bond acceptors (Lipinski definition) is 11. The summed E-state index contributed by atoms with van der Waals surface area (Å²) in [6.07, 6.45) is -3.78. The van der Waals surface area contributed by atoms with Crippen LogP contribution in [0.2, 0.25) is 0 Å². The van der Waals surface area contributed by atoms with E-state index in [0.29, 0.717) is 34.6 Å². The van der Waals surface area contributed by atoms with Gasteiger partial charge in [-0.3, -0.25) is 9.59 Å². The molecule has 0 spiro atoms. The number of halogens is 1. The second-order valence-corrected chi connectivity index (χ2v) is 26.5. The lowest BCUT2D eigenvalue weighted by Gasteiger charge is -2.52. The fourth-order valence-electron chi connectivity index (χ4n) is 14.3. The van der Waals surface area contributed by atoms with Crippen LogP contribution in [0, 0.1) is 35.4 Å². The summed E-state index contributed by atoms with van der Waals surface area (Å²) in [5, 5.41) is 19.3. The second kappa shape index (κ2) is 33.8. The van der Waals surface area contributed by atoms with E-state index in [0.717, 1.165) is 50.1 Å². The first-order valence-electron chi connectivity index (χ1n) is 35.7. The van der Waals surface area contributed by atoms with E-state index in [1.807, 2.05) is 259 Å². The molecule has 1 saturated heterocycles. The number of hydrogen-bond donors (Lipinski definition) is 1. The van der Waals surface area contributed by atoms with Crippen LogP contribution in [0.4, 0.5) is 10.1 Å². The van der Waals surface area contributed by atoms with Gasteiger partial charge in [-0.05, 0) is 123 Å². The minimum atomic E-state index is -2.17. The zero-order chi connectivity index (χ0) is 72.5. The van der Waals surface area contributed by atoms with Gasteiger partial charge in [0.2, 0.25) is 11.7 Å². The molecule has 13 nitrogen and oxygen atoms in total. The Kier molecular flexibility index (Phi) is 22.8. The average molecular weight is 1400 g/mol. The van der Waals surface area contributed by atoms with Crippen LogP contribution in [0.3, 0.4) is 0 Å². The lowest BCUT2D eigenvalue weighted by atomic mass is 9.74. The lowest BCUT2D eigenvalue weighted by molar-refractivity contribution is -0.301. The highest BCUT2D eigenvalue weighted by Crippen LogP contribution is 2.48. The van der Waals surface area contributed by atoms with Crippen molar-refractivity contribution in [2.45, 2.75) is 107 Å². The third kappa shape index (κ3) is 16.4. The molecule has 2 unspecified atom stereocenters. The Balaban J connectivity index is 0.817. The maximum absolute atomic E-state index is 14.9.